The molecule has 4 rings (SSSR count). The zero-order valence-corrected chi connectivity index (χ0v) is 16.2. The van der Waals surface area contributed by atoms with E-state index >= 15 is 0 Å². The van der Waals surface area contributed by atoms with Crippen LogP contribution in [0.1, 0.15) is 77.3 Å². The number of thiophene rings is 1. The Morgan fingerprint density at radius 2 is 2.00 bits per heavy atom. The van der Waals surface area contributed by atoms with Gasteiger partial charge in [-0.1, -0.05) is 19.3 Å². The molecule has 0 atom stereocenters. The number of carbonyl (C=O) groups excluding carboxylic acids is 1. The summed E-state index contributed by atoms with van der Waals surface area (Å²) >= 11 is 1.68. The molecule has 2 aromatic rings. The lowest BCUT2D eigenvalue weighted by molar-refractivity contribution is 0.0927. The lowest BCUT2D eigenvalue weighted by Crippen LogP contribution is -2.36. The summed E-state index contributed by atoms with van der Waals surface area (Å²) in [5, 5.41) is 4.12. The smallest absolute Gasteiger partial charge is 0.254 e. The van der Waals surface area contributed by atoms with E-state index in [1.165, 1.54) is 36.1 Å². The zero-order valence-electron chi connectivity index (χ0n) is 15.3. The number of furan rings is 1. The Morgan fingerprint density at radius 3 is 2.77 bits per heavy atom. The van der Waals surface area contributed by atoms with Gasteiger partial charge in [-0.3, -0.25) is 4.79 Å². The topological polar surface area (TPSA) is 54.6 Å². The van der Waals surface area contributed by atoms with Gasteiger partial charge in [0.2, 0.25) is 0 Å². The fourth-order valence-corrected chi connectivity index (χ4v) is 5.26. The Bertz CT molecular complexity index is 812. The summed E-state index contributed by atoms with van der Waals surface area (Å²) in [6, 6.07) is 4.16. The molecule has 1 amide bonds. The number of aliphatic imine (C=N–C) groups is 1. The number of hydrogen-bond acceptors (Lipinski definition) is 4. The molecule has 0 radical (unpaired) electrons. The summed E-state index contributed by atoms with van der Waals surface area (Å²) in [6.07, 6.45) is 12.1. The average Bonchev–Trinajstić information content (AvgIpc) is 3.23. The van der Waals surface area contributed by atoms with Crippen molar-refractivity contribution in [3.63, 3.8) is 0 Å². The molecule has 0 spiro atoms. The molecular formula is C21H26N2O2S. The quantitative estimate of drug-likeness (QED) is 0.738. The molecule has 138 valence electrons. The molecule has 1 saturated carbocycles. The molecule has 2 aliphatic rings. The van der Waals surface area contributed by atoms with Gasteiger partial charge in [0.05, 0.1) is 11.8 Å². The van der Waals surface area contributed by atoms with Crippen molar-refractivity contribution in [2.24, 2.45) is 4.99 Å². The van der Waals surface area contributed by atoms with E-state index in [-0.39, 0.29) is 5.91 Å². The van der Waals surface area contributed by atoms with E-state index in [1.54, 1.807) is 17.6 Å². The van der Waals surface area contributed by atoms with Crippen molar-refractivity contribution < 1.29 is 9.21 Å². The van der Waals surface area contributed by atoms with Crippen LogP contribution in [0.25, 0.3) is 0 Å². The van der Waals surface area contributed by atoms with Crippen LogP contribution in [0.4, 0.5) is 5.00 Å². The van der Waals surface area contributed by atoms with Crippen molar-refractivity contribution in [1.29, 1.82) is 0 Å². The lowest BCUT2D eigenvalue weighted by Gasteiger charge is -2.23. The highest BCUT2D eigenvalue weighted by Gasteiger charge is 2.27. The molecule has 0 aliphatic heterocycles. The number of carbonyl (C=O) groups is 1. The van der Waals surface area contributed by atoms with E-state index in [4.69, 9.17) is 4.42 Å². The largest absolute Gasteiger partial charge is 0.460 e. The maximum absolute atomic E-state index is 13.1. The first kappa shape index (κ1) is 17.5. The van der Waals surface area contributed by atoms with Gasteiger partial charge in [-0.25, -0.2) is 4.99 Å². The molecule has 5 heteroatoms. The molecule has 4 nitrogen and oxygen atoms in total. The first-order valence-corrected chi connectivity index (χ1v) is 10.6. The molecule has 2 heterocycles. The van der Waals surface area contributed by atoms with Gasteiger partial charge in [0.1, 0.15) is 16.5 Å². The predicted molar refractivity (Wildman–Crippen MR) is 106 cm³/mol. The number of amides is 1. The van der Waals surface area contributed by atoms with Gasteiger partial charge in [-0.2, -0.15) is 0 Å². The monoisotopic (exact) mass is 370 g/mol. The van der Waals surface area contributed by atoms with Gasteiger partial charge in [-0.15, -0.1) is 11.3 Å². The standard InChI is InChI=1S/C21H26N2O2S/c1-14-11-12-16(25-14)13-22-21-19(17-9-5-6-10-18(17)26-21)20(24)23-15-7-3-2-4-8-15/h11-13,15H,2-10H2,1H3,(H,23,24)/b22-13-. The molecule has 0 aromatic carbocycles. The van der Waals surface area contributed by atoms with Crippen LogP contribution in [0.15, 0.2) is 21.5 Å². The molecule has 26 heavy (non-hydrogen) atoms. The van der Waals surface area contributed by atoms with Crippen molar-refractivity contribution in [2.75, 3.05) is 0 Å². The van der Waals surface area contributed by atoms with Crippen LogP contribution in [0.2, 0.25) is 0 Å². The van der Waals surface area contributed by atoms with Crippen molar-refractivity contribution >= 4 is 28.5 Å². The highest BCUT2D eigenvalue weighted by molar-refractivity contribution is 7.16. The molecule has 1 N–H and O–H groups in total. The summed E-state index contributed by atoms with van der Waals surface area (Å²) in [7, 11) is 0. The second-order valence-corrected chi connectivity index (χ2v) is 8.49. The van der Waals surface area contributed by atoms with Crippen molar-refractivity contribution in [3.8, 4) is 0 Å². The fraction of sp³-hybridized carbons (Fsp3) is 0.524. The van der Waals surface area contributed by atoms with E-state index in [0.29, 0.717) is 6.04 Å². The van der Waals surface area contributed by atoms with Crippen LogP contribution >= 0.6 is 11.3 Å². The molecule has 2 aliphatic carbocycles. The molecule has 0 saturated heterocycles. The molecule has 0 unspecified atom stereocenters. The molecule has 1 fully saturated rings. The maximum atomic E-state index is 13.1. The van der Waals surface area contributed by atoms with Crippen LogP contribution in [0.3, 0.4) is 0 Å². The SMILES string of the molecule is Cc1ccc(/C=N\c2sc3c(c2C(=O)NC2CCCCC2)CCCC3)o1. The second kappa shape index (κ2) is 7.78. The number of fused-ring (bicyclic) bond motifs is 1. The zero-order chi connectivity index (χ0) is 17.9. The summed E-state index contributed by atoms with van der Waals surface area (Å²) in [5.74, 6) is 1.67. The van der Waals surface area contributed by atoms with E-state index in [1.807, 2.05) is 19.1 Å². The first-order chi connectivity index (χ1) is 12.7. The highest BCUT2D eigenvalue weighted by atomic mass is 32.1. The lowest BCUT2D eigenvalue weighted by atomic mass is 9.93. The maximum Gasteiger partial charge on any atom is 0.254 e. The van der Waals surface area contributed by atoms with Crippen molar-refractivity contribution in [1.82, 2.24) is 5.32 Å². The minimum absolute atomic E-state index is 0.0686. The van der Waals surface area contributed by atoms with Gasteiger partial charge in [0, 0.05) is 10.9 Å². The minimum Gasteiger partial charge on any atom is -0.460 e. The fourth-order valence-electron chi connectivity index (χ4n) is 4.03. The van der Waals surface area contributed by atoms with Crippen LogP contribution in [-0.4, -0.2) is 18.2 Å². The van der Waals surface area contributed by atoms with Gasteiger partial charge < -0.3 is 9.73 Å². The number of hydrogen-bond donors (Lipinski definition) is 1. The van der Waals surface area contributed by atoms with Crippen LogP contribution in [0.5, 0.6) is 0 Å². The predicted octanol–water partition coefficient (Wildman–Crippen LogP) is 5.34. The van der Waals surface area contributed by atoms with Gasteiger partial charge in [-0.05, 0) is 63.1 Å². The molecule has 0 bridgehead atoms. The molecule has 2 aromatic heterocycles. The van der Waals surface area contributed by atoms with Crippen LogP contribution in [0, 0.1) is 6.92 Å². The average molecular weight is 371 g/mol. The van der Waals surface area contributed by atoms with E-state index < -0.39 is 0 Å². The first-order valence-electron chi connectivity index (χ1n) is 9.76. The highest BCUT2D eigenvalue weighted by Crippen LogP contribution is 2.40. The molecular weight excluding hydrogens is 344 g/mol. The Kier molecular flexibility index (Phi) is 5.25. The van der Waals surface area contributed by atoms with Gasteiger partial charge >= 0.3 is 0 Å². The number of aryl methyl sites for hydroxylation is 2. The van der Waals surface area contributed by atoms with Gasteiger partial charge in [0.25, 0.3) is 5.91 Å². The minimum atomic E-state index is 0.0686. The van der Waals surface area contributed by atoms with E-state index in [0.717, 1.165) is 54.2 Å². The number of nitrogens with one attached hydrogen (secondary N) is 1. The normalized spacial score (nSPS) is 18.2. The third kappa shape index (κ3) is 3.78. The number of nitrogens with zero attached hydrogens (tertiary/aromatic N) is 1. The Morgan fingerprint density at radius 1 is 1.19 bits per heavy atom. The Labute approximate surface area is 158 Å². The second-order valence-electron chi connectivity index (χ2n) is 7.41. The Hall–Kier alpha value is -1.88. The van der Waals surface area contributed by atoms with E-state index in [9.17, 15) is 4.79 Å². The van der Waals surface area contributed by atoms with Crippen molar-refractivity contribution in [3.05, 3.63) is 39.7 Å². The number of rotatable bonds is 4. The summed E-state index contributed by atoms with van der Waals surface area (Å²) in [6.45, 7) is 1.92. The third-order valence-electron chi connectivity index (χ3n) is 5.39. The third-order valence-corrected chi connectivity index (χ3v) is 6.59. The van der Waals surface area contributed by atoms with Crippen LogP contribution in [-0.2, 0) is 12.8 Å². The van der Waals surface area contributed by atoms with Crippen LogP contribution < -0.4 is 5.32 Å². The van der Waals surface area contributed by atoms with Gasteiger partial charge in [0.15, 0.2) is 0 Å². The summed E-state index contributed by atoms with van der Waals surface area (Å²) < 4.78 is 5.58. The van der Waals surface area contributed by atoms with Crippen molar-refractivity contribution in [2.45, 2.75) is 70.8 Å². The Balaban J connectivity index is 1.61. The summed E-state index contributed by atoms with van der Waals surface area (Å²) in [4.78, 5) is 19.1. The van der Waals surface area contributed by atoms with E-state index in [2.05, 4.69) is 10.3 Å². The summed E-state index contributed by atoms with van der Waals surface area (Å²) in [5.41, 5.74) is 2.05.